The second kappa shape index (κ2) is 12.0. The monoisotopic (exact) mass is 574 g/mol. The molecule has 4 heterocycles. The van der Waals surface area contributed by atoms with Crippen molar-refractivity contribution in [3.05, 3.63) is 76.6 Å². The zero-order valence-electron chi connectivity index (χ0n) is 22.5. The maximum atomic E-state index is 11.7. The number of piperidine rings is 1. The molecule has 9 nitrogen and oxygen atoms in total. The van der Waals surface area contributed by atoms with E-state index in [9.17, 15) is 10.1 Å². The minimum Gasteiger partial charge on any atom is -0.497 e. The maximum absolute atomic E-state index is 11.7. The van der Waals surface area contributed by atoms with Crippen LogP contribution in [0.1, 0.15) is 38.3 Å². The highest BCUT2D eigenvalue weighted by Crippen LogP contribution is 2.39. The molecule has 0 radical (unpaired) electrons. The largest absolute Gasteiger partial charge is 0.497 e. The fourth-order valence-electron chi connectivity index (χ4n) is 4.54. The number of methoxy groups -OCH3 is 1. The van der Waals surface area contributed by atoms with Gasteiger partial charge in [-0.05, 0) is 38.0 Å². The molecule has 1 fully saturated rings. The Hall–Kier alpha value is -4.01. The summed E-state index contributed by atoms with van der Waals surface area (Å²) in [5, 5.41) is 18.8. The summed E-state index contributed by atoms with van der Waals surface area (Å²) in [6.45, 7) is 4.92. The lowest BCUT2D eigenvalue weighted by Crippen LogP contribution is -2.42. The van der Waals surface area contributed by atoms with E-state index >= 15 is 0 Å². The van der Waals surface area contributed by atoms with Gasteiger partial charge in [0, 0.05) is 59.6 Å². The van der Waals surface area contributed by atoms with Crippen LogP contribution in [-0.4, -0.2) is 46.5 Å². The number of nitriles is 1. The van der Waals surface area contributed by atoms with Crippen LogP contribution in [0.3, 0.4) is 0 Å². The molecule has 1 unspecified atom stereocenters. The summed E-state index contributed by atoms with van der Waals surface area (Å²) >= 11 is 3.01. The van der Waals surface area contributed by atoms with E-state index in [2.05, 4.69) is 27.1 Å². The lowest BCUT2D eigenvalue weighted by atomic mass is 9.94. The molecular formula is C29H30N6O3S2. The van der Waals surface area contributed by atoms with Gasteiger partial charge in [-0.25, -0.2) is 9.97 Å². The lowest BCUT2D eigenvalue weighted by molar-refractivity contribution is -0.129. The Morgan fingerprint density at radius 2 is 2.08 bits per heavy atom. The average Bonchev–Trinajstić information content (AvgIpc) is 3.44. The molecule has 0 bridgehead atoms. The summed E-state index contributed by atoms with van der Waals surface area (Å²) in [6, 6.07) is 13.7. The highest BCUT2D eigenvalue weighted by atomic mass is 32.2. The van der Waals surface area contributed by atoms with Gasteiger partial charge in [0.05, 0.1) is 18.9 Å². The molecule has 206 valence electrons. The fraction of sp³-hybridized carbons (Fsp3) is 0.310. The number of thioether (sulfide) groups is 1. The number of para-hydroxylation sites is 1. The first-order chi connectivity index (χ1) is 19.4. The average molecular weight is 575 g/mol. The Morgan fingerprint density at radius 1 is 1.30 bits per heavy atom. The smallest absolute Gasteiger partial charge is 0.219 e. The molecule has 5 rings (SSSR count). The molecule has 2 aliphatic heterocycles. The van der Waals surface area contributed by atoms with Gasteiger partial charge in [-0.2, -0.15) is 5.26 Å². The Kier molecular flexibility index (Phi) is 8.28. The van der Waals surface area contributed by atoms with Crippen molar-refractivity contribution in [1.29, 1.82) is 5.26 Å². The van der Waals surface area contributed by atoms with Crippen molar-refractivity contribution in [2.45, 2.75) is 43.0 Å². The van der Waals surface area contributed by atoms with Crippen LogP contribution in [0.15, 0.2) is 75.8 Å². The number of pyridine rings is 1. The topological polar surface area (TPSA) is 112 Å². The van der Waals surface area contributed by atoms with E-state index in [0.29, 0.717) is 29.0 Å². The molecule has 0 saturated carbocycles. The predicted octanol–water partition coefficient (Wildman–Crippen LogP) is 6.15. The molecule has 0 aliphatic carbocycles. The number of rotatable bonds is 8. The van der Waals surface area contributed by atoms with Crippen LogP contribution in [0.5, 0.6) is 11.5 Å². The van der Waals surface area contributed by atoms with E-state index in [4.69, 9.17) is 14.5 Å². The van der Waals surface area contributed by atoms with E-state index in [0.717, 1.165) is 46.6 Å². The quantitative estimate of drug-likeness (QED) is 0.327. The van der Waals surface area contributed by atoms with Gasteiger partial charge in [-0.3, -0.25) is 4.79 Å². The van der Waals surface area contributed by atoms with Crippen LogP contribution in [0.2, 0.25) is 0 Å². The molecule has 1 saturated heterocycles. The van der Waals surface area contributed by atoms with Gasteiger partial charge in [0.1, 0.15) is 11.5 Å². The number of anilines is 2. The Labute approximate surface area is 241 Å². The molecule has 2 aliphatic rings. The number of amides is 1. The molecule has 2 N–H and O–H groups in total. The summed E-state index contributed by atoms with van der Waals surface area (Å²) in [7, 11) is 1.56. The standard InChI is InChI=1S/C29H30N6O3S2/c1-19(36)35-11-9-20(10-12-35)24-17-39-28(33-24)34-27-25(38-21-7-5-4-6-8-21)13-22(15-31-27)40-23-14-26(37-3)29(2,18-30)32-16-23/h4-8,13-17,20,32H,9-12H2,1-3H3,(H,31,33,34). The first kappa shape index (κ1) is 27.6. The number of carbonyl (C=O) groups is 1. The third kappa shape index (κ3) is 6.24. The highest BCUT2D eigenvalue weighted by molar-refractivity contribution is 8.03. The number of ether oxygens (including phenoxy) is 2. The third-order valence-electron chi connectivity index (χ3n) is 6.85. The number of allylic oxidation sites excluding steroid dienone is 1. The number of aromatic nitrogens is 2. The fourth-order valence-corrected chi connectivity index (χ4v) is 6.16. The van der Waals surface area contributed by atoms with E-state index < -0.39 is 5.54 Å². The molecule has 1 amide bonds. The van der Waals surface area contributed by atoms with Crippen molar-refractivity contribution in [3.8, 4) is 17.6 Å². The van der Waals surface area contributed by atoms with Crippen molar-refractivity contribution in [1.82, 2.24) is 20.2 Å². The Balaban J connectivity index is 1.35. The van der Waals surface area contributed by atoms with Gasteiger partial charge in [0.2, 0.25) is 5.91 Å². The number of carbonyl (C=O) groups excluding carboxylic acids is 1. The van der Waals surface area contributed by atoms with E-state index in [1.165, 1.54) is 23.1 Å². The zero-order chi connectivity index (χ0) is 28.1. The van der Waals surface area contributed by atoms with E-state index in [1.54, 1.807) is 33.4 Å². The van der Waals surface area contributed by atoms with Gasteiger partial charge < -0.3 is 25.0 Å². The number of hydrogen-bond donors (Lipinski definition) is 2. The first-order valence-corrected chi connectivity index (χ1v) is 14.6. The number of nitrogens with zero attached hydrogens (tertiary/aromatic N) is 4. The van der Waals surface area contributed by atoms with Gasteiger partial charge in [0.25, 0.3) is 0 Å². The summed E-state index contributed by atoms with van der Waals surface area (Å²) in [6.07, 6.45) is 7.25. The summed E-state index contributed by atoms with van der Waals surface area (Å²) in [4.78, 5) is 24.8. The van der Waals surface area contributed by atoms with Crippen LogP contribution in [0.4, 0.5) is 10.9 Å². The molecule has 1 atom stereocenters. The van der Waals surface area contributed by atoms with E-state index in [1.807, 2.05) is 47.4 Å². The molecule has 11 heteroatoms. The van der Waals surface area contributed by atoms with Crippen LogP contribution >= 0.6 is 23.1 Å². The summed E-state index contributed by atoms with van der Waals surface area (Å²) in [5.74, 6) is 2.81. The minimum atomic E-state index is -0.913. The van der Waals surface area contributed by atoms with Crippen molar-refractivity contribution in [3.63, 3.8) is 0 Å². The lowest BCUT2D eigenvalue weighted by Gasteiger charge is -2.30. The third-order valence-corrected chi connectivity index (χ3v) is 8.56. The molecule has 1 aromatic carbocycles. The molecule has 40 heavy (non-hydrogen) atoms. The van der Waals surface area contributed by atoms with Crippen LogP contribution < -0.4 is 15.4 Å². The SMILES string of the molecule is COC1=CC(Sc2cnc(Nc3nc(C4CCN(C(C)=O)CC4)cs3)c(Oc3ccccc3)c2)=CNC1(C)C#N. The number of hydrogen-bond acceptors (Lipinski definition) is 10. The molecular weight excluding hydrogens is 544 g/mol. The van der Waals surface area contributed by atoms with Gasteiger partial charge in [0.15, 0.2) is 22.2 Å². The molecule has 3 aromatic rings. The van der Waals surface area contributed by atoms with E-state index in [-0.39, 0.29) is 5.91 Å². The Bertz CT molecular complexity index is 1470. The second-order valence-corrected chi connectivity index (χ2v) is 11.7. The number of benzene rings is 1. The van der Waals surface area contributed by atoms with Crippen molar-refractivity contribution >= 4 is 40.0 Å². The van der Waals surface area contributed by atoms with Crippen LogP contribution in [0, 0.1) is 11.3 Å². The first-order valence-electron chi connectivity index (χ1n) is 12.9. The normalized spacial score (nSPS) is 19.1. The minimum absolute atomic E-state index is 0.129. The second-order valence-electron chi connectivity index (χ2n) is 9.66. The van der Waals surface area contributed by atoms with Crippen molar-refractivity contribution < 1.29 is 14.3 Å². The molecule has 2 aromatic heterocycles. The highest BCUT2D eigenvalue weighted by Gasteiger charge is 2.32. The number of likely N-dealkylation sites (tertiary alicyclic amines) is 1. The molecule has 0 spiro atoms. The van der Waals surface area contributed by atoms with Crippen LogP contribution in [0.25, 0.3) is 0 Å². The number of dihydropyridines is 1. The maximum Gasteiger partial charge on any atom is 0.219 e. The van der Waals surface area contributed by atoms with Gasteiger partial charge >= 0.3 is 0 Å². The summed E-state index contributed by atoms with van der Waals surface area (Å²) < 4.78 is 11.7. The predicted molar refractivity (Wildman–Crippen MR) is 157 cm³/mol. The Morgan fingerprint density at radius 3 is 2.77 bits per heavy atom. The summed E-state index contributed by atoms with van der Waals surface area (Å²) in [5.41, 5.74) is 0.124. The van der Waals surface area contributed by atoms with Crippen molar-refractivity contribution in [2.75, 3.05) is 25.5 Å². The van der Waals surface area contributed by atoms with Crippen LogP contribution in [-0.2, 0) is 9.53 Å². The van der Waals surface area contributed by atoms with Gasteiger partial charge in [-0.1, -0.05) is 30.0 Å². The number of thiazole rings is 1. The zero-order valence-corrected chi connectivity index (χ0v) is 24.1. The van der Waals surface area contributed by atoms with Crippen molar-refractivity contribution in [2.24, 2.45) is 0 Å². The number of nitrogens with one attached hydrogen (secondary N) is 2. The van der Waals surface area contributed by atoms with Gasteiger partial charge in [-0.15, -0.1) is 11.3 Å².